The molecule has 2 aliphatic heterocycles. The maximum Gasteiger partial charge on any atom is 0.251 e. The predicted molar refractivity (Wildman–Crippen MR) is 88.7 cm³/mol. The molecular weight excluding hydrogens is 294 g/mol. The van der Waals surface area contributed by atoms with Gasteiger partial charge in [-0.2, -0.15) is 0 Å². The molecule has 2 fully saturated rings. The van der Waals surface area contributed by atoms with Gasteiger partial charge in [-0.1, -0.05) is 12.1 Å². The zero-order valence-corrected chi connectivity index (χ0v) is 13.6. The van der Waals surface area contributed by atoms with Crippen LogP contribution in [0.3, 0.4) is 0 Å². The second kappa shape index (κ2) is 7.19. The van der Waals surface area contributed by atoms with E-state index in [1.54, 1.807) is 7.11 Å². The fraction of sp³-hybridized carbons (Fsp3) is 0.588. The third kappa shape index (κ3) is 3.43. The van der Waals surface area contributed by atoms with Gasteiger partial charge in [0.25, 0.3) is 5.91 Å². The minimum atomic E-state index is -0.304. The molecule has 6 nitrogen and oxygen atoms in total. The van der Waals surface area contributed by atoms with Crippen LogP contribution < -0.4 is 15.4 Å². The van der Waals surface area contributed by atoms with Gasteiger partial charge in [-0.05, 0) is 25.0 Å². The van der Waals surface area contributed by atoms with E-state index in [2.05, 4.69) is 11.0 Å². The molecule has 0 aliphatic carbocycles. The van der Waals surface area contributed by atoms with Crippen molar-refractivity contribution in [2.75, 3.05) is 44.7 Å². The van der Waals surface area contributed by atoms with E-state index in [1.165, 1.54) is 0 Å². The molecule has 6 heteroatoms. The fourth-order valence-corrected chi connectivity index (χ4v) is 3.32. The quantitative estimate of drug-likeness (QED) is 0.891. The van der Waals surface area contributed by atoms with Crippen LogP contribution in [0.1, 0.15) is 12.8 Å². The average molecular weight is 319 g/mol. The lowest BCUT2D eigenvalue weighted by atomic mass is 10.1. The second-order valence-electron chi connectivity index (χ2n) is 6.04. The van der Waals surface area contributed by atoms with E-state index < -0.39 is 0 Å². The first kappa shape index (κ1) is 16.1. The highest BCUT2D eigenvalue weighted by molar-refractivity contribution is 5.81. The molecule has 0 aromatic heterocycles. The summed E-state index contributed by atoms with van der Waals surface area (Å²) in [6.45, 7) is 3.53. The zero-order chi connectivity index (χ0) is 16.2. The van der Waals surface area contributed by atoms with Gasteiger partial charge in [0, 0.05) is 32.7 Å². The normalized spacial score (nSPS) is 24.8. The van der Waals surface area contributed by atoms with Gasteiger partial charge in [0.1, 0.15) is 11.9 Å². The Morgan fingerprint density at radius 1 is 1.26 bits per heavy atom. The maximum atomic E-state index is 12.5. The minimum absolute atomic E-state index is 0.0406. The second-order valence-corrected chi connectivity index (χ2v) is 6.04. The van der Waals surface area contributed by atoms with Crippen LogP contribution in [-0.4, -0.2) is 62.8 Å². The molecule has 3 rings (SSSR count). The molecule has 0 unspecified atom stereocenters. The molecule has 2 N–H and O–H groups in total. The van der Waals surface area contributed by atoms with E-state index in [9.17, 15) is 4.79 Å². The van der Waals surface area contributed by atoms with Crippen LogP contribution in [0.4, 0.5) is 5.69 Å². The molecule has 0 saturated carbocycles. The first-order valence-electron chi connectivity index (χ1n) is 8.25. The number of amides is 1. The molecule has 2 saturated heterocycles. The number of methoxy groups -OCH3 is 1. The van der Waals surface area contributed by atoms with Crippen LogP contribution >= 0.6 is 0 Å². The van der Waals surface area contributed by atoms with Gasteiger partial charge in [-0.25, -0.2) is 0 Å². The largest absolute Gasteiger partial charge is 0.495 e. The summed E-state index contributed by atoms with van der Waals surface area (Å²) in [6.07, 6.45) is 1.40. The first-order chi connectivity index (χ1) is 11.2. The topological polar surface area (TPSA) is 68.0 Å². The smallest absolute Gasteiger partial charge is 0.251 e. The van der Waals surface area contributed by atoms with Gasteiger partial charge in [0.2, 0.25) is 0 Å². The molecule has 1 amide bonds. The van der Waals surface area contributed by atoms with Crippen LogP contribution in [0.15, 0.2) is 24.3 Å². The van der Waals surface area contributed by atoms with Crippen molar-refractivity contribution in [1.82, 2.24) is 4.90 Å². The van der Waals surface area contributed by atoms with E-state index in [1.807, 2.05) is 23.1 Å². The summed E-state index contributed by atoms with van der Waals surface area (Å²) < 4.78 is 11.1. The monoisotopic (exact) mass is 319 g/mol. The Morgan fingerprint density at radius 3 is 2.65 bits per heavy atom. The number of piperazine rings is 1. The number of hydrogen-bond acceptors (Lipinski definition) is 5. The lowest BCUT2D eigenvalue weighted by Gasteiger charge is -2.37. The van der Waals surface area contributed by atoms with E-state index in [0.29, 0.717) is 19.6 Å². The highest BCUT2D eigenvalue weighted by Gasteiger charge is 2.34. The highest BCUT2D eigenvalue weighted by Crippen LogP contribution is 2.29. The van der Waals surface area contributed by atoms with Crippen molar-refractivity contribution in [2.24, 2.45) is 5.73 Å². The number of rotatable bonds is 4. The van der Waals surface area contributed by atoms with E-state index in [0.717, 1.165) is 37.4 Å². The maximum absolute atomic E-state index is 12.5. The minimum Gasteiger partial charge on any atom is -0.495 e. The summed E-state index contributed by atoms with van der Waals surface area (Å²) in [7, 11) is 1.68. The Morgan fingerprint density at radius 2 is 2.00 bits per heavy atom. The molecule has 2 atom stereocenters. The van der Waals surface area contributed by atoms with Gasteiger partial charge in [0.15, 0.2) is 0 Å². The Kier molecular flexibility index (Phi) is 5.03. The summed E-state index contributed by atoms with van der Waals surface area (Å²) in [5.41, 5.74) is 6.70. The van der Waals surface area contributed by atoms with Crippen molar-refractivity contribution in [3.63, 3.8) is 0 Å². The summed E-state index contributed by atoms with van der Waals surface area (Å²) in [5, 5.41) is 0. The summed E-state index contributed by atoms with van der Waals surface area (Å²) in [4.78, 5) is 16.7. The molecule has 23 heavy (non-hydrogen) atoms. The van der Waals surface area contributed by atoms with Crippen molar-refractivity contribution >= 4 is 11.6 Å². The van der Waals surface area contributed by atoms with E-state index in [4.69, 9.17) is 15.2 Å². The number of para-hydroxylation sites is 2. The molecular formula is C17H25N3O3. The number of carbonyl (C=O) groups is 1. The van der Waals surface area contributed by atoms with Gasteiger partial charge in [-0.3, -0.25) is 4.79 Å². The third-order valence-corrected chi connectivity index (χ3v) is 4.66. The third-order valence-electron chi connectivity index (χ3n) is 4.66. The standard InChI is InChI=1S/C17H25N3O3/c1-22-15-5-3-2-4-14(15)19-8-10-20(11-9-19)17(21)16-7-6-13(12-18)23-16/h2-5,13,16H,6-12,18H2,1H3/t13-,16+/m1/s1. The Bertz CT molecular complexity index is 544. The summed E-state index contributed by atoms with van der Waals surface area (Å²) >= 11 is 0. The van der Waals surface area contributed by atoms with Gasteiger partial charge in [-0.15, -0.1) is 0 Å². The SMILES string of the molecule is COc1ccccc1N1CCN(C(=O)[C@@H]2CC[C@H](CN)O2)CC1. The number of nitrogens with two attached hydrogens (primary N) is 1. The van der Waals surface area contributed by atoms with Crippen LogP contribution in [0.2, 0.25) is 0 Å². The van der Waals surface area contributed by atoms with E-state index in [-0.39, 0.29) is 18.1 Å². The number of ether oxygens (including phenoxy) is 2. The highest BCUT2D eigenvalue weighted by atomic mass is 16.5. The molecule has 126 valence electrons. The van der Waals surface area contributed by atoms with Crippen LogP contribution in [0.5, 0.6) is 5.75 Å². The van der Waals surface area contributed by atoms with Gasteiger partial charge in [0.05, 0.1) is 18.9 Å². The Labute approximate surface area is 137 Å². The molecule has 2 aliphatic rings. The number of anilines is 1. The summed E-state index contributed by atoms with van der Waals surface area (Å²) in [6, 6.07) is 8.00. The average Bonchev–Trinajstić information content (AvgIpc) is 3.10. The number of nitrogens with zero attached hydrogens (tertiary/aromatic N) is 2. The van der Waals surface area contributed by atoms with Crippen LogP contribution in [0, 0.1) is 0 Å². The fourth-order valence-electron chi connectivity index (χ4n) is 3.32. The van der Waals surface area contributed by atoms with Crippen LogP contribution in [0.25, 0.3) is 0 Å². The molecule has 0 radical (unpaired) electrons. The molecule has 1 aromatic rings. The Balaban J connectivity index is 1.57. The van der Waals surface area contributed by atoms with E-state index >= 15 is 0 Å². The van der Waals surface area contributed by atoms with Gasteiger partial charge < -0.3 is 25.0 Å². The lowest BCUT2D eigenvalue weighted by Crippen LogP contribution is -2.51. The Hall–Kier alpha value is -1.79. The molecule has 0 spiro atoms. The van der Waals surface area contributed by atoms with Crippen molar-refractivity contribution in [3.8, 4) is 5.75 Å². The number of benzene rings is 1. The molecule has 2 heterocycles. The van der Waals surface area contributed by atoms with Crippen molar-refractivity contribution in [1.29, 1.82) is 0 Å². The first-order valence-corrected chi connectivity index (χ1v) is 8.25. The summed E-state index contributed by atoms with van der Waals surface area (Å²) in [5.74, 6) is 0.984. The number of carbonyl (C=O) groups excluding carboxylic acids is 1. The lowest BCUT2D eigenvalue weighted by molar-refractivity contribution is -0.143. The van der Waals surface area contributed by atoms with Crippen molar-refractivity contribution in [3.05, 3.63) is 24.3 Å². The molecule has 1 aromatic carbocycles. The van der Waals surface area contributed by atoms with Gasteiger partial charge >= 0.3 is 0 Å². The molecule has 0 bridgehead atoms. The van der Waals surface area contributed by atoms with Crippen LogP contribution in [-0.2, 0) is 9.53 Å². The predicted octanol–water partition coefficient (Wildman–Crippen LogP) is 0.850. The van der Waals surface area contributed by atoms with Crippen molar-refractivity contribution in [2.45, 2.75) is 25.0 Å². The van der Waals surface area contributed by atoms with Crippen molar-refractivity contribution < 1.29 is 14.3 Å². The number of hydrogen-bond donors (Lipinski definition) is 1. The zero-order valence-electron chi connectivity index (χ0n) is 13.6.